The second-order valence-corrected chi connectivity index (χ2v) is 3.05. The zero-order valence-corrected chi connectivity index (χ0v) is 7.44. The van der Waals surface area contributed by atoms with Gasteiger partial charge in [0.25, 0.3) is 0 Å². The van der Waals surface area contributed by atoms with Crippen LogP contribution in [0.4, 0.5) is 0 Å². The van der Waals surface area contributed by atoms with E-state index in [-0.39, 0.29) is 17.3 Å². The summed E-state index contributed by atoms with van der Waals surface area (Å²) in [5, 5.41) is 19.1. The Balaban J connectivity index is 2.86. The van der Waals surface area contributed by atoms with Crippen LogP contribution >= 0.6 is 0 Å². The van der Waals surface area contributed by atoms with Gasteiger partial charge in [-0.3, -0.25) is 4.79 Å². The molecule has 72 valence electrons. The summed E-state index contributed by atoms with van der Waals surface area (Å²) in [6, 6.07) is 2.65. The first-order chi connectivity index (χ1) is 6.63. The average Bonchev–Trinajstić information content (AvgIpc) is 2.45. The highest BCUT2D eigenvalue weighted by Gasteiger charge is 2.12. The molecule has 0 saturated heterocycles. The topological polar surface area (TPSA) is 70.7 Å². The molecule has 0 aliphatic heterocycles. The van der Waals surface area contributed by atoms with E-state index in [1.807, 2.05) is 0 Å². The quantitative estimate of drug-likeness (QED) is 0.535. The molecule has 0 atom stereocenters. The molecule has 0 unspecified atom stereocenters. The maximum absolute atomic E-state index is 10.5. The van der Waals surface area contributed by atoms with Crippen LogP contribution in [0.5, 0.6) is 11.5 Å². The van der Waals surface area contributed by atoms with Crippen molar-refractivity contribution in [3.8, 4) is 11.5 Å². The van der Waals surface area contributed by atoms with Gasteiger partial charge in [0.1, 0.15) is 5.58 Å². The van der Waals surface area contributed by atoms with Crippen LogP contribution in [0, 0.1) is 6.92 Å². The van der Waals surface area contributed by atoms with Crippen molar-refractivity contribution in [3.05, 3.63) is 23.5 Å². The number of furan rings is 1. The van der Waals surface area contributed by atoms with Crippen LogP contribution in [0.1, 0.15) is 16.1 Å². The van der Waals surface area contributed by atoms with E-state index >= 15 is 0 Å². The molecule has 0 amide bonds. The van der Waals surface area contributed by atoms with Crippen molar-refractivity contribution < 1.29 is 19.4 Å². The van der Waals surface area contributed by atoms with Crippen LogP contribution < -0.4 is 0 Å². The van der Waals surface area contributed by atoms with Crippen molar-refractivity contribution in [1.29, 1.82) is 0 Å². The number of aldehydes is 1. The number of benzene rings is 1. The molecule has 2 rings (SSSR count). The van der Waals surface area contributed by atoms with Crippen LogP contribution in [0.15, 0.2) is 16.5 Å². The first kappa shape index (κ1) is 8.62. The maximum Gasteiger partial charge on any atom is 0.185 e. The summed E-state index contributed by atoms with van der Waals surface area (Å²) in [7, 11) is 0. The van der Waals surface area contributed by atoms with Crippen molar-refractivity contribution in [2.24, 2.45) is 0 Å². The molecule has 1 aromatic heterocycles. The van der Waals surface area contributed by atoms with E-state index in [1.165, 1.54) is 12.1 Å². The third kappa shape index (κ3) is 1.04. The molecule has 4 nitrogen and oxygen atoms in total. The molecule has 1 heterocycles. The Kier molecular flexibility index (Phi) is 1.70. The zero-order valence-electron chi connectivity index (χ0n) is 7.44. The van der Waals surface area contributed by atoms with Crippen molar-refractivity contribution in [2.45, 2.75) is 6.92 Å². The molecule has 2 N–H and O–H groups in total. The third-order valence-electron chi connectivity index (χ3n) is 2.18. The lowest BCUT2D eigenvalue weighted by Crippen LogP contribution is -1.76. The van der Waals surface area contributed by atoms with Crippen LogP contribution in [0.3, 0.4) is 0 Å². The fourth-order valence-electron chi connectivity index (χ4n) is 1.38. The van der Waals surface area contributed by atoms with Gasteiger partial charge < -0.3 is 14.6 Å². The molecule has 2 aromatic rings. The van der Waals surface area contributed by atoms with Crippen molar-refractivity contribution in [3.63, 3.8) is 0 Å². The van der Waals surface area contributed by atoms with Gasteiger partial charge >= 0.3 is 0 Å². The summed E-state index contributed by atoms with van der Waals surface area (Å²) in [6.07, 6.45) is 0.601. The predicted molar refractivity (Wildman–Crippen MR) is 49.7 cm³/mol. The van der Waals surface area contributed by atoms with E-state index in [1.54, 1.807) is 6.92 Å². The van der Waals surface area contributed by atoms with Gasteiger partial charge in [-0.15, -0.1) is 0 Å². The first-order valence-corrected chi connectivity index (χ1v) is 4.03. The second kappa shape index (κ2) is 2.77. The molecular weight excluding hydrogens is 184 g/mol. The van der Waals surface area contributed by atoms with E-state index in [2.05, 4.69) is 0 Å². The van der Waals surface area contributed by atoms with Crippen LogP contribution in [-0.2, 0) is 0 Å². The van der Waals surface area contributed by atoms with Crippen LogP contribution in [-0.4, -0.2) is 16.5 Å². The molecular formula is C10H8O4. The Bertz CT molecular complexity index is 510. The number of carbonyl (C=O) groups is 1. The molecule has 0 radical (unpaired) electrons. The van der Waals surface area contributed by atoms with Gasteiger partial charge in [-0.2, -0.15) is 0 Å². The lowest BCUT2D eigenvalue weighted by atomic mass is 10.1. The number of rotatable bonds is 1. The van der Waals surface area contributed by atoms with Crippen LogP contribution in [0.2, 0.25) is 0 Å². The maximum atomic E-state index is 10.5. The first-order valence-electron chi connectivity index (χ1n) is 4.03. The molecule has 1 aromatic carbocycles. The van der Waals surface area contributed by atoms with Gasteiger partial charge in [0.15, 0.2) is 23.5 Å². The van der Waals surface area contributed by atoms with Crippen molar-refractivity contribution >= 4 is 17.3 Å². The minimum atomic E-state index is -0.260. The minimum absolute atomic E-state index is 0.213. The Morgan fingerprint density at radius 2 is 1.93 bits per heavy atom. The molecule has 0 spiro atoms. The number of hydrogen-bond acceptors (Lipinski definition) is 4. The monoisotopic (exact) mass is 192 g/mol. The summed E-state index contributed by atoms with van der Waals surface area (Å²) in [6.45, 7) is 1.71. The predicted octanol–water partition coefficient (Wildman–Crippen LogP) is 1.96. The summed E-state index contributed by atoms with van der Waals surface area (Å²) >= 11 is 0. The van der Waals surface area contributed by atoms with E-state index in [9.17, 15) is 15.0 Å². The molecule has 0 aliphatic carbocycles. The van der Waals surface area contributed by atoms with Crippen molar-refractivity contribution in [1.82, 2.24) is 0 Å². The van der Waals surface area contributed by atoms with E-state index < -0.39 is 0 Å². The molecule has 0 aliphatic rings. The Morgan fingerprint density at radius 3 is 2.57 bits per heavy atom. The van der Waals surface area contributed by atoms with Gasteiger partial charge in [-0.1, -0.05) is 0 Å². The Hall–Kier alpha value is -1.97. The fourth-order valence-corrected chi connectivity index (χ4v) is 1.38. The molecule has 0 saturated carbocycles. The normalized spacial score (nSPS) is 10.6. The smallest absolute Gasteiger partial charge is 0.185 e. The Labute approximate surface area is 79.4 Å². The summed E-state index contributed by atoms with van der Waals surface area (Å²) in [5.74, 6) is -0.271. The number of fused-ring (bicyclic) bond motifs is 1. The SMILES string of the molecule is Cc1c(C=O)oc2cc(O)c(O)cc12. The summed E-state index contributed by atoms with van der Waals surface area (Å²) < 4.78 is 5.14. The molecule has 4 heteroatoms. The minimum Gasteiger partial charge on any atom is -0.504 e. The Morgan fingerprint density at radius 1 is 1.29 bits per heavy atom. The largest absolute Gasteiger partial charge is 0.504 e. The number of phenols is 2. The van der Waals surface area contributed by atoms with Gasteiger partial charge in [-0.25, -0.2) is 0 Å². The molecule has 0 fully saturated rings. The number of hydrogen-bond donors (Lipinski definition) is 2. The lowest BCUT2D eigenvalue weighted by Gasteiger charge is -1.95. The van der Waals surface area contributed by atoms with Gasteiger partial charge in [-0.05, 0) is 13.0 Å². The van der Waals surface area contributed by atoms with Crippen molar-refractivity contribution in [2.75, 3.05) is 0 Å². The average molecular weight is 192 g/mol. The highest BCUT2D eigenvalue weighted by atomic mass is 16.3. The van der Waals surface area contributed by atoms with E-state index in [4.69, 9.17) is 4.42 Å². The van der Waals surface area contributed by atoms with Crippen LogP contribution in [0.25, 0.3) is 11.0 Å². The van der Waals surface area contributed by atoms with E-state index in [0.29, 0.717) is 22.8 Å². The third-order valence-corrected chi connectivity index (χ3v) is 2.18. The number of carbonyl (C=O) groups excluding carboxylic acids is 1. The number of phenolic OH excluding ortho intramolecular Hbond substituents is 2. The van der Waals surface area contributed by atoms with Gasteiger partial charge in [0.2, 0.25) is 0 Å². The zero-order chi connectivity index (χ0) is 10.3. The number of aromatic hydroxyl groups is 2. The number of aryl methyl sites for hydroxylation is 1. The second-order valence-electron chi connectivity index (χ2n) is 3.05. The fraction of sp³-hybridized carbons (Fsp3) is 0.100. The molecule has 0 bridgehead atoms. The summed E-state index contributed by atoms with van der Waals surface area (Å²) in [5.41, 5.74) is 1.05. The van der Waals surface area contributed by atoms with Gasteiger partial charge in [0.05, 0.1) is 0 Å². The standard InChI is InChI=1S/C10H8O4/c1-5-6-2-7(12)8(13)3-9(6)14-10(5)4-11/h2-4,12-13H,1H3. The highest BCUT2D eigenvalue weighted by Crippen LogP contribution is 2.33. The molecule has 14 heavy (non-hydrogen) atoms. The van der Waals surface area contributed by atoms with E-state index in [0.717, 1.165) is 0 Å². The highest BCUT2D eigenvalue weighted by molar-refractivity contribution is 5.91. The summed E-state index contributed by atoms with van der Waals surface area (Å²) in [4.78, 5) is 10.5. The van der Waals surface area contributed by atoms with Gasteiger partial charge in [0, 0.05) is 17.0 Å². The lowest BCUT2D eigenvalue weighted by molar-refractivity contribution is 0.110.